The van der Waals surface area contributed by atoms with Gasteiger partial charge >= 0.3 is 0 Å². The van der Waals surface area contributed by atoms with Crippen molar-refractivity contribution in [3.63, 3.8) is 0 Å². The molecule has 2 rings (SSSR count). The first-order valence-electron chi connectivity index (χ1n) is 5.92. The van der Waals surface area contributed by atoms with Crippen LogP contribution >= 0.6 is 22.9 Å². The summed E-state index contributed by atoms with van der Waals surface area (Å²) in [6.45, 7) is 0.833. The van der Waals surface area contributed by atoms with Gasteiger partial charge in [0.25, 0.3) is 0 Å². The fourth-order valence-electron chi connectivity index (χ4n) is 1.77. The quantitative estimate of drug-likeness (QED) is 0.872. The fourth-order valence-corrected chi connectivity index (χ4v) is 2.72. The Hall–Kier alpha value is -1.39. The zero-order valence-corrected chi connectivity index (χ0v) is 12.5. The predicted molar refractivity (Wildman–Crippen MR) is 81.1 cm³/mol. The number of thiophene rings is 1. The number of halogens is 1. The molecule has 0 saturated carbocycles. The number of methoxy groups -OCH3 is 2. The van der Waals surface area contributed by atoms with Gasteiger partial charge < -0.3 is 14.8 Å². The van der Waals surface area contributed by atoms with E-state index in [1.54, 1.807) is 31.6 Å². The molecule has 5 heteroatoms. The summed E-state index contributed by atoms with van der Waals surface area (Å²) in [4.78, 5) is 1.35. The van der Waals surface area contributed by atoms with Crippen molar-refractivity contribution in [2.24, 2.45) is 0 Å². The van der Waals surface area contributed by atoms with Gasteiger partial charge in [-0.1, -0.05) is 17.7 Å². The van der Waals surface area contributed by atoms with E-state index in [0.717, 1.165) is 24.4 Å². The van der Waals surface area contributed by atoms with Crippen molar-refractivity contribution < 1.29 is 9.47 Å². The number of hydrogen-bond acceptors (Lipinski definition) is 4. The van der Waals surface area contributed by atoms with Gasteiger partial charge in [0, 0.05) is 17.5 Å². The first kappa shape index (κ1) is 14.0. The standard InChI is InChI=1S/C14H16ClNO2S/c1-17-13-9-14(18-2)12(8-11(13)15)16-6-5-10-4-3-7-19-10/h3-4,7-9,16H,5-6H2,1-2H3. The van der Waals surface area contributed by atoms with Crippen molar-refractivity contribution in [3.05, 3.63) is 39.5 Å². The molecule has 0 radical (unpaired) electrons. The highest BCUT2D eigenvalue weighted by Gasteiger charge is 2.09. The number of hydrogen-bond donors (Lipinski definition) is 1. The van der Waals surface area contributed by atoms with E-state index in [2.05, 4.69) is 22.8 Å². The van der Waals surface area contributed by atoms with Gasteiger partial charge in [-0.25, -0.2) is 0 Å². The molecule has 0 spiro atoms. The SMILES string of the molecule is COc1cc(OC)c(NCCc2cccs2)cc1Cl. The van der Waals surface area contributed by atoms with Gasteiger partial charge in [-0.3, -0.25) is 0 Å². The van der Waals surface area contributed by atoms with Crippen molar-refractivity contribution in [2.75, 3.05) is 26.1 Å². The van der Waals surface area contributed by atoms with Crippen molar-refractivity contribution >= 4 is 28.6 Å². The summed E-state index contributed by atoms with van der Waals surface area (Å²) in [6, 6.07) is 7.80. The lowest BCUT2D eigenvalue weighted by molar-refractivity contribution is 0.395. The molecule has 1 aromatic carbocycles. The number of rotatable bonds is 6. The Kier molecular flexibility index (Phi) is 4.93. The lowest BCUT2D eigenvalue weighted by atomic mass is 10.2. The van der Waals surface area contributed by atoms with Gasteiger partial charge in [0.2, 0.25) is 0 Å². The van der Waals surface area contributed by atoms with E-state index in [4.69, 9.17) is 21.1 Å². The van der Waals surface area contributed by atoms with Crippen LogP contribution in [0.5, 0.6) is 11.5 Å². The summed E-state index contributed by atoms with van der Waals surface area (Å²) in [5.41, 5.74) is 0.879. The van der Waals surface area contributed by atoms with Crippen LogP contribution < -0.4 is 14.8 Å². The van der Waals surface area contributed by atoms with Gasteiger partial charge in [0.15, 0.2) is 0 Å². The highest BCUT2D eigenvalue weighted by molar-refractivity contribution is 7.09. The van der Waals surface area contributed by atoms with Gasteiger partial charge in [-0.2, -0.15) is 0 Å². The lowest BCUT2D eigenvalue weighted by Crippen LogP contribution is -2.05. The van der Waals surface area contributed by atoms with Crippen molar-refractivity contribution in [1.82, 2.24) is 0 Å². The minimum atomic E-state index is 0.571. The summed E-state index contributed by atoms with van der Waals surface area (Å²) < 4.78 is 10.5. The molecular weight excluding hydrogens is 282 g/mol. The molecule has 0 unspecified atom stereocenters. The third-order valence-electron chi connectivity index (χ3n) is 2.74. The molecule has 1 N–H and O–H groups in total. The zero-order chi connectivity index (χ0) is 13.7. The summed E-state index contributed by atoms with van der Waals surface area (Å²) in [7, 11) is 3.22. The van der Waals surface area contributed by atoms with Crippen molar-refractivity contribution in [3.8, 4) is 11.5 Å². The maximum atomic E-state index is 6.12. The van der Waals surface area contributed by atoms with E-state index in [1.807, 2.05) is 6.07 Å². The van der Waals surface area contributed by atoms with Gasteiger partial charge in [0.1, 0.15) is 11.5 Å². The van der Waals surface area contributed by atoms with Gasteiger partial charge in [-0.15, -0.1) is 11.3 Å². The van der Waals surface area contributed by atoms with Crippen LogP contribution in [0.3, 0.4) is 0 Å². The van der Waals surface area contributed by atoms with E-state index < -0.39 is 0 Å². The molecule has 0 fully saturated rings. The van der Waals surface area contributed by atoms with E-state index in [-0.39, 0.29) is 0 Å². The molecule has 1 heterocycles. The third kappa shape index (κ3) is 3.55. The Morgan fingerprint density at radius 1 is 1.21 bits per heavy atom. The van der Waals surface area contributed by atoms with E-state index in [0.29, 0.717) is 10.8 Å². The van der Waals surface area contributed by atoms with Crippen LogP contribution in [0.2, 0.25) is 5.02 Å². The average molecular weight is 298 g/mol. The normalized spacial score (nSPS) is 10.3. The Bertz CT molecular complexity index is 528. The largest absolute Gasteiger partial charge is 0.495 e. The molecule has 0 aliphatic heterocycles. The monoisotopic (exact) mass is 297 g/mol. The Balaban J connectivity index is 2.04. The Morgan fingerprint density at radius 2 is 2.00 bits per heavy atom. The first-order valence-corrected chi connectivity index (χ1v) is 7.18. The van der Waals surface area contributed by atoms with Crippen LogP contribution in [0.15, 0.2) is 29.6 Å². The second-order valence-electron chi connectivity index (χ2n) is 3.94. The van der Waals surface area contributed by atoms with E-state index >= 15 is 0 Å². The highest BCUT2D eigenvalue weighted by Crippen LogP contribution is 2.35. The molecule has 0 bridgehead atoms. The number of benzene rings is 1. The van der Waals surface area contributed by atoms with E-state index in [1.165, 1.54) is 4.88 Å². The smallest absolute Gasteiger partial charge is 0.145 e. The van der Waals surface area contributed by atoms with Crippen LogP contribution in [-0.2, 0) is 6.42 Å². The first-order chi connectivity index (χ1) is 9.24. The molecule has 2 aromatic rings. The third-order valence-corrected chi connectivity index (χ3v) is 3.97. The molecule has 0 amide bonds. The minimum absolute atomic E-state index is 0.571. The number of ether oxygens (including phenoxy) is 2. The van der Waals surface area contributed by atoms with Crippen LogP contribution in [0, 0.1) is 0 Å². The molecule has 1 aromatic heterocycles. The number of nitrogens with one attached hydrogen (secondary N) is 1. The van der Waals surface area contributed by atoms with Crippen LogP contribution in [-0.4, -0.2) is 20.8 Å². The number of anilines is 1. The van der Waals surface area contributed by atoms with E-state index in [9.17, 15) is 0 Å². The summed E-state index contributed by atoms with van der Waals surface area (Å²) in [5, 5.41) is 5.99. The van der Waals surface area contributed by atoms with Crippen LogP contribution in [0.25, 0.3) is 0 Å². The molecule has 102 valence electrons. The molecule has 0 saturated heterocycles. The Morgan fingerprint density at radius 3 is 2.63 bits per heavy atom. The molecule has 0 aliphatic carbocycles. The fraction of sp³-hybridized carbons (Fsp3) is 0.286. The van der Waals surface area contributed by atoms with Gasteiger partial charge in [-0.05, 0) is 23.9 Å². The summed E-state index contributed by atoms with van der Waals surface area (Å²) in [5.74, 6) is 1.34. The van der Waals surface area contributed by atoms with Crippen LogP contribution in [0.4, 0.5) is 5.69 Å². The zero-order valence-electron chi connectivity index (χ0n) is 10.9. The van der Waals surface area contributed by atoms with Crippen LogP contribution in [0.1, 0.15) is 4.88 Å². The summed E-state index contributed by atoms with van der Waals surface area (Å²) >= 11 is 7.88. The maximum Gasteiger partial charge on any atom is 0.145 e. The van der Waals surface area contributed by atoms with Crippen molar-refractivity contribution in [1.29, 1.82) is 0 Å². The predicted octanol–water partition coefficient (Wildman–Crippen LogP) is 4.07. The molecule has 0 aliphatic rings. The second kappa shape index (κ2) is 6.68. The second-order valence-corrected chi connectivity index (χ2v) is 5.38. The maximum absolute atomic E-state index is 6.12. The Labute approximate surface area is 122 Å². The summed E-state index contributed by atoms with van der Waals surface area (Å²) in [6.07, 6.45) is 0.977. The van der Waals surface area contributed by atoms with Gasteiger partial charge in [0.05, 0.1) is 24.9 Å². The molecule has 19 heavy (non-hydrogen) atoms. The molecule has 0 atom stereocenters. The van der Waals surface area contributed by atoms with Crippen molar-refractivity contribution in [2.45, 2.75) is 6.42 Å². The minimum Gasteiger partial charge on any atom is -0.495 e. The topological polar surface area (TPSA) is 30.5 Å². The molecular formula is C14H16ClNO2S. The average Bonchev–Trinajstić information content (AvgIpc) is 2.92. The lowest BCUT2D eigenvalue weighted by Gasteiger charge is -2.13. The molecule has 3 nitrogen and oxygen atoms in total. The highest BCUT2D eigenvalue weighted by atomic mass is 35.5.